The largest absolute Gasteiger partial charge is 0.491 e. The molecule has 2 aromatic carbocycles. The molecule has 2 aromatic rings. The quantitative estimate of drug-likeness (QED) is 0.378. The number of thioether (sulfide) groups is 1. The Labute approximate surface area is 173 Å². The highest BCUT2D eigenvalue weighted by molar-refractivity contribution is 8.00. The van der Waals surface area contributed by atoms with Crippen LogP contribution < -0.4 is 10.1 Å². The fourth-order valence-electron chi connectivity index (χ4n) is 2.91. The molecule has 0 radical (unpaired) electrons. The highest BCUT2D eigenvalue weighted by Crippen LogP contribution is 2.25. The van der Waals surface area contributed by atoms with Crippen LogP contribution in [-0.2, 0) is 16.1 Å². The number of nitrogens with one attached hydrogen (secondary N) is 1. The summed E-state index contributed by atoms with van der Waals surface area (Å²) in [6.45, 7) is 3.61. The van der Waals surface area contributed by atoms with Crippen LogP contribution >= 0.6 is 11.8 Å². The minimum absolute atomic E-state index is 0.0367. The average Bonchev–Trinajstić information content (AvgIpc) is 3.25. The molecular formula is C21H24N2O5S. The van der Waals surface area contributed by atoms with Crippen LogP contribution in [0.5, 0.6) is 5.75 Å². The van der Waals surface area contributed by atoms with Crippen LogP contribution in [0, 0.1) is 10.1 Å². The number of ether oxygens (including phenoxy) is 2. The standard InChI is InChI=1S/C21H24N2O5S/c1-15(29-20-10-6-17(7-11-20)23(25)26)21(24)22-13-16-4-8-18(9-5-16)28-14-19-3-2-12-27-19/h4-11,15,19H,2-3,12-14H2,1H3,(H,22,24). The summed E-state index contributed by atoms with van der Waals surface area (Å²) >= 11 is 1.36. The van der Waals surface area contributed by atoms with Gasteiger partial charge in [-0.1, -0.05) is 12.1 Å². The van der Waals surface area contributed by atoms with Crippen molar-refractivity contribution in [3.8, 4) is 5.75 Å². The van der Waals surface area contributed by atoms with E-state index in [1.54, 1.807) is 12.1 Å². The van der Waals surface area contributed by atoms with Crippen molar-refractivity contribution >= 4 is 23.4 Å². The summed E-state index contributed by atoms with van der Waals surface area (Å²) in [5.74, 6) is 0.699. The second-order valence-corrected chi connectivity index (χ2v) is 8.23. The molecule has 1 aliphatic heterocycles. The normalized spacial score (nSPS) is 16.9. The van der Waals surface area contributed by atoms with Crippen molar-refractivity contribution in [2.45, 2.75) is 42.6 Å². The lowest BCUT2D eigenvalue weighted by Crippen LogP contribution is -2.30. The molecule has 154 valence electrons. The molecule has 0 spiro atoms. The molecule has 7 nitrogen and oxygen atoms in total. The van der Waals surface area contributed by atoms with Gasteiger partial charge in [0.15, 0.2) is 0 Å². The predicted octanol–water partition coefficient (Wildman–Crippen LogP) is 3.95. The van der Waals surface area contributed by atoms with Crippen LogP contribution in [0.4, 0.5) is 5.69 Å². The van der Waals surface area contributed by atoms with Gasteiger partial charge in [0.2, 0.25) is 5.91 Å². The van der Waals surface area contributed by atoms with Gasteiger partial charge in [-0.05, 0) is 49.6 Å². The highest BCUT2D eigenvalue weighted by Gasteiger charge is 2.16. The molecule has 29 heavy (non-hydrogen) atoms. The SMILES string of the molecule is CC(Sc1ccc([N+](=O)[O-])cc1)C(=O)NCc1ccc(OCC2CCCO2)cc1. The van der Waals surface area contributed by atoms with E-state index in [4.69, 9.17) is 9.47 Å². The van der Waals surface area contributed by atoms with E-state index in [2.05, 4.69) is 5.32 Å². The van der Waals surface area contributed by atoms with Crippen molar-refractivity contribution in [2.24, 2.45) is 0 Å². The monoisotopic (exact) mass is 416 g/mol. The third-order valence-corrected chi connectivity index (χ3v) is 5.69. The summed E-state index contributed by atoms with van der Waals surface area (Å²) in [5, 5.41) is 13.3. The second kappa shape index (κ2) is 10.3. The third kappa shape index (κ3) is 6.47. The summed E-state index contributed by atoms with van der Waals surface area (Å²) in [6, 6.07) is 13.8. The molecular weight excluding hydrogens is 392 g/mol. The van der Waals surface area contributed by atoms with Crippen LogP contribution in [0.25, 0.3) is 0 Å². The minimum atomic E-state index is -0.441. The number of rotatable bonds is 9. The van der Waals surface area contributed by atoms with E-state index < -0.39 is 4.92 Å². The zero-order valence-corrected chi connectivity index (χ0v) is 17.0. The van der Waals surface area contributed by atoms with Crippen molar-refractivity contribution in [2.75, 3.05) is 13.2 Å². The lowest BCUT2D eigenvalue weighted by Gasteiger charge is -2.13. The minimum Gasteiger partial charge on any atom is -0.491 e. The molecule has 0 aliphatic carbocycles. The van der Waals surface area contributed by atoms with Crippen molar-refractivity contribution in [3.05, 3.63) is 64.2 Å². The van der Waals surface area contributed by atoms with E-state index in [0.717, 1.165) is 35.7 Å². The van der Waals surface area contributed by atoms with E-state index in [1.165, 1.54) is 23.9 Å². The van der Waals surface area contributed by atoms with Gasteiger partial charge in [0.05, 0.1) is 16.3 Å². The average molecular weight is 416 g/mol. The highest BCUT2D eigenvalue weighted by atomic mass is 32.2. The first-order valence-corrected chi connectivity index (χ1v) is 10.4. The Kier molecular flexibility index (Phi) is 7.48. The predicted molar refractivity (Wildman–Crippen MR) is 111 cm³/mol. The van der Waals surface area contributed by atoms with Gasteiger partial charge < -0.3 is 14.8 Å². The fraction of sp³-hybridized carbons (Fsp3) is 0.381. The Bertz CT molecular complexity index is 820. The number of amides is 1. The smallest absolute Gasteiger partial charge is 0.269 e. The van der Waals surface area contributed by atoms with E-state index >= 15 is 0 Å². The maximum Gasteiger partial charge on any atom is 0.269 e. The summed E-state index contributed by atoms with van der Waals surface area (Å²) in [5.41, 5.74) is 1.02. The van der Waals surface area contributed by atoms with Gasteiger partial charge in [-0.25, -0.2) is 0 Å². The van der Waals surface area contributed by atoms with Crippen molar-refractivity contribution < 1.29 is 19.2 Å². The van der Waals surface area contributed by atoms with Gasteiger partial charge in [0.25, 0.3) is 5.69 Å². The Morgan fingerprint density at radius 3 is 2.62 bits per heavy atom. The molecule has 3 rings (SSSR count). The first-order valence-electron chi connectivity index (χ1n) is 9.53. The first kappa shape index (κ1) is 21.1. The van der Waals surface area contributed by atoms with Crippen molar-refractivity contribution in [1.82, 2.24) is 5.32 Å². The number of hydrogen-bond donors (Lipinski definition) is 1. The molecule has 0 bridgehead atoms. The summed E-state index contributed by atoms with van der Waals surface area (Å²) in [4.78, 5) is 23.4. The molecule has 0 aromatic heterocycles. The van der Waals surface area contributed by atoms with E-state index in [0.29, 0.717) is 13.2 Å². The second-order valence-electron chi connectivity index (χ2n) is 6.82. The summed E-state index contributed by atoms with van der Waals surface area (Å²) in [7, 11) is 0. The Morgan fingerprint density at radius 2 is 2.00 bits per heavy atom. The lowest BCUT2D eigenvalue weighted by atomic mass is 10.2. The van der Waals surface area contributed by atoms with E-state index in [-0.39, 0.29) is 22.9 Å². The number of hydrogen-bond acceptors (Lipinski definition) is 6. The van der Waals surface area contributed by atoms with E-state index in [1.807, 2.05) is 31.2 Å². The molecule has 0 saturated carbocycles. The number of carbonyl (C=O) groups is 1. The van der Waals surface area contributed by atoms with Gasteiger partial charge in [-0.15, -0.1) is 11.8 Å². The molecule has 1 N–H and O–H groups in total. The van der Waals surface area contributed by atoms with Gasteiger partial charge >= 0.3 is 0 Å². The number of non-ortho nitro benzene ring substituents is 1. The van der Waals surface area contributed by atoms with Crippen LogP contribution in [0.2, 0.25) is 0 Å². The molecule has 2 atom stereocenters. The molecule has 1 heterocycles. The molecule has 1 amide bonds. The molecule has 1 saturated heterocycles. The first-order chi connectivity index (χ1) is 14.0. The maximum absolute atomic E-state index is 12.3. The molecule has 2 unspecified atom stereocenters. The zero-order chi connectivity index (χ0) is 20.6. The topological polar surface area (TPSA) is 90.7 Å². The summed E-state index contributed by atoms with van der Waals surface area (Å²) < 4.78 is 11.3. The number of carbonyl (C=O) groups excluding carboxylic acids is 1. The molecule has 1 fully saturated rings. The maximum atomic E-state index is 12.3. The van der Waals surface area contributed by atoms with Gasteiger partial charge in [-0.2, -0.15) is 0 Å². The van der Waals surface area contributed by atoms with Crippen LogP contribution in [0.1, 0.15) is 25.3 Å². The van der Waals surface area contributed by atoms with Gasteiger partial charge in [0, 0.05) is 30.2 Å². The molecule has 8 heteroatoms. The number of nitrogens with zero attached hydrogens (tertiary/aromatic N) is 1. The Morgan fingerprint density at radius 1 is 1.28 bits per heavy atom. The number of nitro groups is 1. The number of nitro benzene ring substituents is 1. The van der Waals surface area contributed by atoms with Gasteiger partial charge in [-0.3, -0.25) is 14.9 Å². The number of benzene rings is 2. The third-order valence-electron chi connectivity index (χ3n) is 4.58. The Hall–Kier alpha value is -2.58. The van der Waals surface area contributed by atoms with Crippen molar-refractivity contribution in [3.63, 3.8) is 0 Å². The van der Waals surface area contributed by atoms with E-state index in [9.17, 15) is 14.9 Å². The van der Waals surface area contributed by atoms with Crippen molar-refractivity contribution in [1.29, 1.82) is 0 Å². The lowest BCUT2D eigenvalue weighted by molar-refractivity contribution is -0.384. The van der Waals surface area contributed by atoms with Gasteiger partial charge in [0.1, 0.15) is 12.4 Å². The van der Waals surface area contributed by atoms with Crippen LogP contribution in [0.15, 0.2) is 53.4 Å². The zero-order valence-electron chi connectivity index (χ0n) is 16.2. The fourth-order valence-corrected chi connectivity index (χ4v) is 3.80. The Balaban J connectivity index is 1.42. The van der Waals surface area contributed by atoms with Crippen LogP contribution in [0.3, 0.4) is 0 Å². The van der Waals surface area contributed by atoms with Crippen LogP contribution in [-0.4, -0.2) is 35.4 Å². The molecule has 1 aliphatic rings. The summed E-state index contributed by atoms with van der Waals surface area (Å²) in [6.07, 6.45) is 2.32.